The molecule has 5 heteroatoms. The number of aryl methyl sites for hydroxylation is 1. The molecule has 0 unspecified atom stereocenters. The Morgan fingerprint density at radius 3 is 1.80 bits per heavy atom. The minimum Gasteiger partial charge on any atom is -0.507 e. The molecule has 0 radical (unpaired) electrons. The number of benzene rings is 5. The van der Waals surface area contributed by atoms with Crippen LogP contribution >= 0.6 is 0 Å². The second-order valence-electron chi connectivity index (χ2n) is 16.1. The van der Waals surface area contributed by atoms with Gasteiger partial charge in [-0.15, -0.1) is 24.3 Å². The number of aromatic hydroxyl groups is 1. The van der Waals surface area contributed by atoms with Crippen LogP contribution in [-0.4, -0.2) is 15.1 Å². The molecular formula is C49H43N2O2Pt-. The third-order valence-electron chi connectivity index (χ3n) is 10.0. The summed E-state index contributed by atoms with van der Waals surface area (Å²) in [6, 6.07) is 47.1. The van der Waals surface area contributed by atoms with E-state index in [-0.39, 0.29) is 37.6 Å². The summed E-state index contributed by atoms with van der Waals surface area (Å²) in [6.45, 7) is 15.6. The smallest absolute Gasteiger partial charge is 0.143 e. The summed E-state index contributed by atoms with van der Waals surface area (Å²) in [5.41, 5.74) is 14.0. The number of pyridine rings is 2. The first-order valence-corrected chi connectivity index (χ1v) is 18.2. The van der Waals surface area contributed by atoms with E-state index in [1.165, 1.54) is 11.1 Å². The normalized spacial score (nSPS) is 11.9. The Hall–Kier alpha value is -5.31. The molecule has 54 heavy (non-hydrogen) atoms. The fourth-order valence-electron chi connectivity index (χ4n) is 7.03. The first kappa shape index (κ1) is 37.0. The Morgan fingerprint density at radius 1 is 0.537 bits per heavy atom. The molecular weight excluding hydrogens is 844 g/mol. The Morgan fingerprint density at radius 2 is 1.09 bits per heavy atom. The maximum absolute atomic E-state index is 11.0. The molecule has 0 bridgehead atoms. The molecule has 3 aromatic heterocycles. The molecule has 5 aromatic carbocycles. The maximum Gasteiger partial charge on any atom is 0.143 e. The number of furan rings is 1. The zero-order valence-corrected chi connectivity index (χ0v) is 34.0. The number of rotatable bonds is 5. The predicted octanol–water partition coefficient (Wildman–Crippen LogP) is 13.1. The van der Waals surface area contributed by atoms with Crippen molar-refractivity contribution in [3.8, 4) is 61.8 Å². The van der Waals surface area contributed by atoms with Crippen molar-refractivity contribution in [3.63, 3.8) is 0 Å². The number of phenols is 1. The molecule has 0 saturated heterocycles. The minimum atomic E-state index is -0.0376. The Bertz CT molecular complexity index is 2640. The fraction of sp³-hybridized carbons (Fsp3) is 0.184. The average Bonchev–Trinajstić information content (AvgIpc) is 3.53. The van der Waals surface area contributed by atoms with E-state index < -0.39 is 0 Å². The van der Waals surface area contributed by atoms with Gasteiger partial charge >= 0.3 is 0 Å². The molecule has 8 rings (SSSR count). The van der Waals surface area contributed by atoms with Crippen LogP contribution < -0.4 is 0 Å². The van der Waals surface area contributed by atoms with Crippen molar-refractivity contribution in [2.45, 2.75) is 59.3 Å². The molecule has 0 spiro atoms. The van der Waals surface area contributed by atoms with E-state index in [1.54, 1.807) is 6.07 Å². The van der Waals surface area contributed by atoms with Crippen LogP contribution in [0.5, 0.6) is 5.75 Å². The minimum absolute atomic E-state index is 0. The van der Waals surface area contributed by atoms with Gasteiger partial charge in [-0.1, -0.05) is 132 Å². The molecule has 0 atom stereocenters. The number of hydrogen-bond acceptors (Lipinski definition) is 4. The summed E-state index contributed by atoms with van der Waals surface area (Å²) < 4.78 is 6.40. The monoisotopic (exact) mass is 886 g/mol. The van der Waals surface area contributed by atoms with Crippen LogP contribution in [0.2, 0.25) is 0 Å². The molecule has 0 saturated carbocycles. The SMILES string of the molecule is Cc1cc(-c2cccc3c2oc2ccccc23)cc(-c2[c-]c(-c3cc(-c4cc(C(C)(C)C)cc(C(C)(C)C)c4)cc(-c4ccccc4O)n3)ccc2)n1.[Pt]. The number of fused-ring (bicyclic) bond motifs is 3. The summed E-state index contributed by atoms with van der Waals surface area (Å²) >= 11 is 0. The van der Waals surface area contributed by atoms with Crippen molar-refractivity contribution in [1.29, 1.82) is 0 Å². The van der Waals surface area contributed by atoms with E-state index in [2.05, 4.69) is 114 Å². The molecule has 0 amide bonds. The van der Waals surface area contributed by atoms with Crippen molar-refractivity contribution in [1.82, 2.24) is 9.97 Å². The second-order valence-corrected chi connectivity index (χ2v) is 16.1. The topological polar surface area (TPSA) is 59.2 Å². The number of hydrogen-bond donors (Lipinski definition) is 1. The van der Waals surface area contributed by atoms with E-state index >= 15 is 0 Å². The molecule has 1 N–H and O–H groups in total. The van der Waals surface area contributed by atoms with Gasteiger partial charge in [0.1, 0.15) is 16.9 Å². The fourth-order valence-corrected chi connectivity index (χ4v) is 7.03. The van der Waals surface area contributed by atoms with Gasteiger partial charge in [0.05, 0.1) is 5.69 Å². The van der Waals surface area contributed by atoms with Crippen LogP contribution in [0.4, 0.5) is 0 Å². The van der Waals surface area contributed by atoms with Gasteiger partial charge in [-0.2, -0.15) is 0 Å². The molecule has 0 fully saturated rings. The van der Waals surface area contributed by atoms with Crippen LogP contribution in [0.25, 0.3) is 78.0 Å². The zero-order valence-electron chi connectivity index (χ0n) is 31.7. The van der Waals surface area contributed by atoms with E-state index in [9.17, 15) is 5.11 Å². The number of para-hydroxylation sites is 3. The summed E-state index contributed by atoms with van der Waals surface area (Å²) in [5, 5.41) is 13.2. The molecule has 0 aliphatic rings. The molecule has 0 aliphatic carbocycles. The van der Waals surface area contributed by atoms with E-state index in [4.69, 9.17) is 14.4 Å². The van der Waals surface area contributed by atoms with Crippen LogP contribution in [0, 0.1) is 13.0 Å². The standard InChI is InChI=1S/C49H43N2O2.Pt/c1-30-22-35(38-18-13-19-40-39-16-9-11-21-46(39)53-47(38)40)28-42(50-30)31-14-12-15-32(23-31)43-26-34(27-44(51-43)41-17-8-10-20-45(41)52)33-24-36(48(2,3)4)29-37(25-33)49(5,6)7;/h8-22,24-29,52H,1-7H3;/q-1;. The van der Waals surface area contributed by atoms with Crippen molar-refractivity contribution >= 4 is 21.9 Å². The van der Waals surface area contributed by atoms with Crippen molar-refractivity contribution < 1.29 is 30.6 Å². The van der Waals surface area contributed by atoms with Crippen molar-refractivity contribution in [3.05, 3.63) is 150 Å². The second kappa shape index (κ2) is 14.2. The summed E-state index contributed by atoms with van der Waals surface area (Å²) in [5.74, 6) is 0.190. The quantitative estimate of drug-likeness (QED) is 0.175. The zero-order chi connectivity index (χ0) is 37.1. The molecule has 272 valence electrons. The van der Waals surface area contributed by atoms with Crippen LogP contribution in [0.15, 0.2) is 132 Å². The molecule has 3 heterocycles. The number of nitrogens with zero attached hydrogens (tertiary/aromatic N) is 2. The van der Waals surface area contributed by atoms with Gasteiger partial charge in [-0.25, -0.2) is 0 Å². The van der Waals surface area contributed by atoms with Gasteiger partial charge in [-0.3, -0.25) is 9.97 Å². The summed E-state index contributed by atoms with van der Waals surface area (Å²) in [6.07, 6.45) is 0. The van der Waals surface area contributed by atoms with Gasteiger partial charge in [0.25, 0.3) is 0 Å². The van der Waals surface area contributed by atoms with Crippen LogP contribution in [-0.2, 0) is 31.9 Å². The average molecular weight is 887 g/mol. The Kier molecular flexibility index (Phi) is 9.71. The van der Waals surface area contributed by atoms with Crippen molar-refractivity contribution in [2.24, 2.45) is 0 Å². The molecule has 8 aromatic rings. The van der Waals surface area contributed by atoms with Gasteiger partial charge in [0, 0.05) is 60.0 Å². The Labute approximate surface area is 332 Å². The van der Waals surface area contributed by atoms with Crippen molar-refractivity contribution in [2.75, 3.05) is 0 Å². The largest absolute Gasteiger partial charge is 0.507 e. The van der Waals surface area contributed by atoms with Crippen LogP contribution in [0.3, 0.4) is 0 Å². The number of phenolic OH excluding ortho intramolecular Hbond substituents is 1. The van der Waals surface area contributed by atoms with E-state index in [0.29, 0.717) is 11.3 Å². The van der Waals surface area contributed by atoms with E-state index in [1.807, 2.05) is 61.5 Å². The third-order valence-corrected chi connectivity index (χ3v) is 10.0. The molecule has 4 nitrogen and oxygen atoms in total. The third kappa shape index (κ3) is 7.16. The maximum atomic E-state index is 11.0. The number of aromatic nitrogens is 2. The van der Waals surface area contributed by atoms with Gasteiger partial charge in [0.2, 0.25) is 0 Å². The first-order valence-electron chi connectivity index (χ1n) is 18.2. The molecule has 0 aliphatic heterocycles. The van der Waals surface area contributed by atoms with Gasteiger partial charge < -0.3 is 9.52 Å². The van der Waals surface area contributed by atoms with Gasteiger partial charge in [0.15, 0.2) is 0 Å². The first-order chi connectivity index (χ1) is 25.3. The summed E-state index contributed by atoms with van der Waals surface area (Å²) in [7, 11) is 0. The summed E-state index contributed by atoms with van der Waals surface area (Å²) in [4.78, 5) is 10.1. The Balaban J connectivity index is 0.00000450. The van der Waals surface area contributed by atoms with E-state index in [0.717, 1.165) is 72.4 Å². The predicted molar refractivity (Wildman–Crippen MR) is 219 cm³/mol. The van der Waals surface area contributed by atoms with Gasteiger partial charge in [-0.05, 0) is 75.9 Å². The van der Waals surface area contributed by atoms with Crippen LogP contribution in [0.1, 0.15) is 58.4 Å².